The highest BCUT2D eigenvalue weighted by Gasteiger charge is 2.15. The molecule has 2 aromatic heterocycles. The van der Waals surface area contributed by atoms with Gasteiger partial charge in [0.25, 0.3) is 0 Å². The fraction of sp³-hybridized carbons (Fsp3) is 0.118. The molecule has 0 aliphatic heterocycles. The fourth-order valence-corrected chi connectivity index (χ4v) is 3.63. The largest absolute Gasteiger partial charge is 0.497 e. The summed E-state index contributed by atoms with van der Waals surface area (Å²) in [6, 6.07) is 11.0. The van der Waals surface area contributed by atoms with Crippen LogP contribution in [0, 0.1) is 0 Å². The van der Waals surface area contributed by atoms with Crippen LogP contribution in [0.1, 0.15) is 0 Å². The van der Waals surface area contributed by atoms with Crippen molar-refractivity contribution in [3.63, 3.8) is 0 Å². The standard InChI is InChI=1S/C17H13ClN4O2S/c1-22-13-6-3-9(18)7-11(13)15(16(22)23)20-21-17-19-12-5-4-10(24-2)8-14(12)25-17/h3-8,23H,1-2H3. The van der Waals surface area contributed by atoms with Crippen molar-refractivity contribution < 1.29 is 9.84 Å². The van der Waals surface area contributed by atoms with Crippen molar-refractivity contribution in [1.82, 2.24) is 9.55 Å². The lowest BCUT2D eigenvalue weighted by molar-refractivity contribution is 0.415. The summed E-state index contributed by atoms with van der Waals surface area (Å²) in [5.74, 6) is 0.796. The number of aromatic hydroxyl groups is 1. The lowest BCUT2D eigenvalue weighted by Gasteiger charge is -1.96. The number of methoxy groups -OCH3 is 1. The van der Waals surface area contributed by atoms with Gasteiger partial charge >= 0.3 is 0 Å². The number of ether oxygens (including phenoxy) is 1. The maximum Gasteiger partial charge on any atom is 0.231 e. The first kappa shape index (κ1) is 15.9. The third-order valence-electron chi connectivity index (χ3n) is 3.92. The van der Waals surface area contributed by atoms with E-state index < -0.39 is 0 Å². The van der Waals surface area contributed by atoms with Crippen LogP contribution < -0.4 is 4.74 Å². The number of halogens is 1. The molecule has 8 heteroatoms. The molecular weight excluding hydrogens is 360 g/mol. The summed E-state index contributed by atoms with van der Waals surface area (Å²) in [7, 11) is 3.38. The van der Waals surface area contributed by atoms with Crippen LogP contribution in [0.4, 0.5) is 10.8 Å². The van der Waals surface area contributed by atoms with E-state index in [4.69, 9.17) is 16.3 Å². The maximum absolute atomic E-state index is 10.3. The van der Waals surface area contributed by atoms with E-state index in [1.54, 1.807) is 30.9 Å². The zero-order valence-electron chi connectivity index (χ0n) is 13.4. The molecule has 0 amide bonds. The minimum atomic E-state index is 0.0313. The van der Waals surface area contributed by atoms with Gasteiger partial charge in [0.15, 0.2) is 5.69 Å². The maximum atomic E-state index is 10.3. The van der Waals surface area contributed by atoms with Crippen LogP contribution in [0.25, 0.3) is 21.1 Å². The highest BCUT2D eigenvalue weighted by Crippen LogP contribution is 2.40. The predicted octanol–water partition coefficient (Wildman–Crippen LogP) is 5.57. The SMILES string of the molecule is COc1ccc2nc(N=Nc3c(O)n(C)c4ccc(Cl)cc34)sc2c1. The molecule has 6 nitrogen and oxygen atoms in total. The van der Waals surface area contributed by atoms with Crippen molar-refractivity contribution in [2.24, 2.45) is 17.3 Å². The zero-order chi connectivity index (χ0) is 17.6. The Morgan fingerprint density at radius 3 is 2.84 bits per heavy atom. The van der Waals surface area contributed by atoms with Gasteiger partial charge in [-0.15, -0.1) is 10.2 Å². The Labute approximate surface area is 152 Å². The Morgan fingerprint density at radius 1 is 1.20 bits per heavy atom. The molecule has 1 N–H and O–H groups in total. The molecule has 2 heterocycles. The third kappa shape index (κ3) is 2.71. The molecule has 0 fully saturated rings. The van der Waals surface area contributed by atoms with E-state index >= 15 is 0 Å². The number of hydrogen-bond donors (Lipinski definition) is 1. The molecule has 0 aliphatic rings. The van der Waals surface area contributed by atoms with Crippen molar-refractivity contribution in [2.75, 3.05) is 7.11 Å². The number of hydrogen-bond acceptors (Lipinski definition) is 6. The molecule has 0 aliphatic carbocycles. The summed E-state index contributed by atoms with van der Waals surface area (Å²) >= 11 is 7.47. The Kier molecular flexibility index (Phi) is 3.82. The average Bonchev–Trinajstić information content (AvgIpc) is 3.12. The highest BCUT2D eigenvalue weighted by molar-refractivity contribution is 7.21. The number of thiazole rings is 1. The molecule has 2 aromatic carbocycles. The lowest BCUT2D eigenvalue weighted by atomic mass is 10.2. The number of benzene rings is 2. The van der Waals surface area contributed by atoms with Crippen LogP contribution in [0.15, 0.2) is 46.6 Å². The topological polar surface area (TPSA) is 72.0 Å². The van der Waals surface area contributed by atoms with Crippen molar-refractivity contribution in [3.8, 4) is 11.6 Å². The first-order valence-electron chi connectivity index (χ1n) is 7.40. The average molecular weight is 373 g/mol. The molecule has 0 saturated carbocycles. The quantitative estimate of drug-likeness (QED) is 0.478. The van der Waals surface area contributed by atoms with Gasteiger partial charge in [0, 0.05) is 17.5 Å². The van der Waals surface area contributed by atoms with E-state index in [-0.39, 0.29) is 5.88 Å². The van der Waals surface area contributed by atoms with Gasteiger partial charge in [-0.1, -0.05) is 22.9 Å². The summed E-state index contributed by atoms with van der Waals surface area (Å²) < 4.78 is 7.81. The molecule has 0 spiro atoms. The molecule has 4 aromatic rings. The van der Waals surface area contributed by atoms with Crippen LogP contribution in [0.5, 0.6) is 11.6 Å². The predicted molar refractivity (Wildman–Crippen MR) is 99.9 cm³/mol. The van der Waals surface area contributed by atoms with Gasteiger partial charge in [0.05, 0.1) is 22.8 Å². The Hall–Kier alpha value is -2.64. The molecule has 0 saturated heterocycles. The second-order valence-electron chi connectivity index (χ2n) is 5.42. The molecule has 126 valence electrons. The Bertz CT molecular complexity index is 1130. The van der Waals surface area contributed by atoms with Crippen LogP contribution in [0.2, 0.25) is 5.02 Å². The fourth-order valence-electron chi connectivity index (χ4n) is 2.64. The second-order valence-corrected chi connectivity index (χ2v) is 6.87. The summed E-state index contributed by atoms with van der Waals surface area (Å²) in [6.07, 6.45) is 0. The van der Waals surface area contributed by atoms with Gasteiger partial charge < -0.3 is 14.4 Å². The molecular formula is C17H13ClN4O2S. The second kappa shape index (κ2) is 6.02. The number of azo groups is 1. The van der Waals surface area contributed by atoms with E-state index in [1.165, 1.54) is 11.3 Å². The molecule has 25 heavy (non-hydrogen) atoms. The first-order chi connectivity index (χ1) is 12.1. The number of fused-ring (bicyclic) bond motifs is 2. The minimum absolute atomic E-state index is 0.0313. The first-order valence-corrected chi connectivity index (χ1v) is 8.59. The van der Waals surface area contributed by atoms with Gasteiger partial charge in [-0.25, -0.2) is 4.98 Å². The lowest BCUT2D eigenvalue weighted by Crippen LogP contribution is -1.84. The molecule has 0 radical (unpaired) electrons. The highest BCUT2D eigenvalue weighted by atomic mass is 35.5. The van der Waals surface area contributed by atoms with Crippen LogP contribution in [-0.4, -0.2) is 21.8 Å². The molecule has 0 bridgehead atoms. The van der Waals surface area contributed by atoms with E-state index in [0.717, 1.165) is 26.9 Å². The van der Waals surface area contributed by atoms with Crippen LogP contribution in [-0.2, 0) is 7.05 Å². The third-order valence-corrected chi connectivity index (χ3v) is 5.06. The van der Waals surface area contributed by atoms with Gasteiger partial charge in [-0.3, -0.25) is 0 Å². The molecule has 0 atom stereocenters. The molecule has 4 rings (SSSR count). The van der Waals surface area contributed by atoms with Crippen molar-refractivity contribution >= 4 is 54.9 Å². The summed E-state index contributed by atoms with van der Waals surface area (Å²) in [5.41, 5.74) is 2.02. The van der Waals surface area contributed by atoms with Gasteiger partial charge in [-0.2, -0.15) is 0 Å². The minimum Gasteiger partial charge on any atom is -0.497 e. The van der Waals surface area contributed by atoms with E-state index in [9.17, 15) is 5.11 Å². The van der Waals surface area contributed by atoms with Crippen molar-refractivity contribution in [1.29, 1.82) is 0 Å². The monoisotopic (exact) mass is 372 g/mol. The van der Waals surface area contributed by atoms with Crippen molar-refractivity contribution in [3.05, 3.63) is 41.4 Å². The molecule has 0 unspecified atom stereocenters. The number of aromatic nitrogens is 2. The van der Waals surface area contributed by atoms with Gasteiger partial charge in [0.1, 0.15) is 5.75 Å². The van der Waals surface area contributed by atoms with Crippen LogP contribution in [0.3, 0.4) is 0 Å². The normalized spacial score (nSPS) is 11.8. The van der Waals surface area contributed by atoms with Gasteiger partial charge in [0.2, 0.25) is 11.0 Å². The van der Waals surface area contributed by atoms with E-state index in [2.05, 4.69) is 15.2 Å². The summed E-state index contributed by atoms with van der Waals surface area (Å²) in [4.78, 5) is 4.43. The van der Waals surface area contributed by atoms with Crippen LogP contribution >= 0.6 is 22.9 Å². The summed E-state index contributed by atoms with van der Waals surface area (Å²) in [6.45, 7) is 0. The number of aryl methyl sites for hydroxylation is 1. The smallest absolute Gasteiger partial charge is 0.231 e. The summed E-state index contributed by atoms with van der Waals surface area (Å²) in [5, 5.41) is 20.6. The van der Waals surface area contributed by atoms with Gasteiger partial charge in [-0.05, 0) is 36.4 Å². The number of nitrogens with zero attached hydrogens (tertiary/aromatic N) is 4. The zero-order valence-corrected chi connectivity index (χ0v) is 15.0. The van der Waals surface area contributed by atoms with Crippen molar-refractivity contribution in [2.45, 2.75) is 0 Å². The Balaban J connectivity index is 1.78. The van der Waals surface area contributed by atoms with E-state index in [0.29, 0.717) is 15.8 Å². The van der Waals surface area contributed by atoms with E-state index in [1.807, 2.05) is 24.3 Å². The Morgan fingerprint density at radius 2 is 2.04 bits per heavy atom. The number of rotatable bonds is 3.